The maximum absolute atomic E-state index is 2.68. The molecule has 0 fully saturated rings. The Morgan fingerprint density at radius 3 is 1.63 bits per heavy atom. The van der Waals surface area contributed by atoms with Gasteiger partial charge in [0.05, 0.1) is 22.4 Å². The molecule has 0 N–H and O–H groups in total. The van der Waals surface area contributed by atoms with E-state index in [1.54, 1.807) is 0 Å². The molecule has 4 heterocycles. The summed E-state index contributed by atoms with van der Waals surface area (Å²) in [6.45, 7) is 32.5. The average Bonchev–Trinajstić information content (AvgIpc) is 1.60. The molecule has 0 saturated heterocycles. The van der Waals surface area contributed by atoms with Crippen LogP contribution in [0.2, 0.25) is 0 Å². The molecule has 11 aromatic carbocycles. The molecule has 4 nitrogen and oxygen atoms in total. The number of hydrogen-bond acceptors (Lipinski definition) is 4. The minimum atomic E-state index is -0.0885. The Balaban J connectivity index is 1.02. The van der Waals surface area contributed by atoms with Gasteiger partial charge in [0.2, 0.25) is 0 Å². The fourth-order valence-corrected chi connectivity index (χ4v) is 16.3. The average molecular weight is 1200 g/mol. The molecule has 0 amide bonds. The highest BCUT2D eigenvalue weighted by Crippen LogP contribution is 2.52. The molecule has 0 saturated carbocycles. The predicted octanol–water partition coefficient (Wildman–Crippen LogP) is 22.3. The zero-order chi connectivity index (χ0) is 63.2. The second kappa shape index (κ2) is 21.4. The first-order valence-electron chi connectivity index (χ1n) is 32.4. The summed E-state index contributed by atoms with van der Waals surface area (Å²) in [6.07, 6.45) is 0. The van der Waals surface area contributed by atoms with Crippen molar-refractivity contribution in [2.45, 2.75) is 113 Å². The molecule has 2 aliphatic rings. The van der Waals surface area contributed by atoms with Crippen LogP contribution in [0.1, 0.15) is 107 Å². The van der Waals surface area contributed by atoms with Crippen molar-refractivity contribution in [2.24, 2.45) is 0 Å². The first-order valence-corrected chi connectivity index (χ1v) is 33.2. The van der Waals surface area contributed by atoms with Crippen LogP contribution in [0.15, 0.2) is 224 Å². The van der Waals surface area contributed by atoms with Crippen LogP contribution in [-0.2, 0) is 16.2 Å². The van der Waals surface area contributed by atoms with Gasteiger partial charge in [0.15, 0.2) is 0 Å². The Morgan fingerprint density at radius 2 is 0.956 bits per heavy atom. The Morgan fingerprint density at radius 1 is 0.385 bits per heavy atom. The normalized spacial score (nSPS) is 13.1. The van der Waals surface area contributed by atoms with Crippen LogP contribution < -0.4 is 31.1 Å². The largest absolute Gasteiger partial charge is 0.311 e. The maximum Gasteiger partial charge on any atom is 0.252 e. The van der Waals surface area contributed by atoms with Crippen molar-refractivity contribution in [3.8, 4) is 27.3 Å². The van der Waals surface area contributed by atoms with Crippen LogP contribution in [0.5, 0.6) is 0 Å². The highest BCUT2D eigenvalue weighted by atomic mass is 32.1. The predicted molar refractivity (Wildman–Crippen MR) is 396 cm³/mol. The zero-order valence-corrected chi connectivity index (χ0v) is 56.0. The van der Waals surface area contributed by atoms with Gasteiger partial charge in [0.1, 0.15) is 0 Å². The minimum Gasteiger partial charge on any atom is -0.311 e. The van der Waals surface area contributed by atoms with E-state index in [1.807, 2.05) is 11.3 Å². The van der Waals surface area contributed by atoms with Crippen molar-refractivity contribution in [2.75, 3.05) is 14.7 Å². The van der Waals surface area contributed by atoms with E-state index in [0.29, 0.717) is 0 Å². The van der Waals surface area contributed by atoms with Crippen molar-refractivity contribution in [1.29, 1.82) is 0 Å². The van der Waals surface area contributed by atoms with Gasteiger partial charge in [-0.1, -0.05) is 196 Å². The molecule has 448 valence electrons. The number of thiophene rings is 1. The van der Waals surface area contributed by atoms with E-state index in [0.717, 1.165) is 22.7 Å². The van der Waals surface area contributed by atoms with Crippen LogP contribution in [0.25, 0.3) is 59.1 Å². The molecule has 15 rings (SSSR count). The SMILES string of the molecule is Cc1cc2c3c(c1)N(c1c(C)cc(-c4sc5ccccc5c4-c4ccccc4)cc1C)c1cc(N(c4ccc5c6ccccc6n(-c6ccccc6)c5c4)c4c(C)cc(C(C)(C)C)cc4C)ccc1B3c1cc(C(C)(C)C)ccc1N2c1ccc(C(C)(C)C)cc1. The fourth-order valence-electron chi connectivity index (χ4n) is 15.0. The van der Waals surface area contributed by atoms with Crippen LogP contribution in [0.3, 0.4) is 0 Å². The number of fused-ring (bicyclic) bond motifs is 8. The molecule has 0 unspecified atom stereocenters. The van der Waals surface area contributed by atoms with Crippen molar-refractivity contribution < 1.29 is 0 Å². The van der Waals surface area contributed by atoms with Crippen molar-refractivity contribution in [3.63, 3.8) is 0 Å². The van der Waals surface area contributed by atoms with Crippen molar-refractivity contribution in [1.82, 2.24) is 4.57 Å². The molecule has 0 spiro atoms. The van der Waals surface area contributed by atoms with Gasteiger partial charge < -0.3 is 19.3 Å². The van der Waals surface area contributed by atoms with Crippen molar-refractivity contribution in [3.05, 3.63) is 269 Å². The summed E-state index contributed by atoms with van der Waals surface area (Å²) in [7, 11) is 0. The second-order valence-electron chi connectivity index (χ2n) is 28.9. The van der Waals surface area contributed by atoms with Crippen LogP contribution in [0, 0.1) is 34.6 Å². The first kappa shape index (κ1) is 58.0. The smallest absolute Gasteiger partial charge is 0.252 e. The Labute approximate surface area is 542 Å². The second-order valence-corrected chi connectivity index (χ2v) is 30.0. The van der Waals surface area contributed by atoms with Gasteiger partial charge in [-0.3, -0.25) is 0 Å². The monoisotopic (exact) mass is 1200 g/mol. The zero-order valence-electron chi connectivity index (χ0n) is 55.1. The topological polar surface area (TPSA) is 14.7 Å². The Kier molecular flexibility index (Phi) is 13.6. The molecule has 2 aromatic heterocycles. The standard InChI is InChI=1S/C85H79BN4S/c1-52-43-75-79-76(44-52)90(81-53(2)45-58(46-54(81)3)82-78(57-25-17-15-18-26-57)68-30-22-24-32-77(68)91-82)74-51-65(39-41-69(74)86(79)70-49-60(84(9,10)11)35-42-72(70)89(75)63-36-33-59(34-37-63)83(6,7)8)87(80-55(4)47-61(48-56(80)5)85(12,13)14)64-38-40-67-66-29-21-23-31-71(66)88(73(67)50-64)62-27-19-16-20-28-62/h15-51H,1-14H3. The van der Waals surface area contributed by atoms with Crippen LogP contribution >= 0.6 is 11.3 Å². The lowest BCUT2D eigenvalue weighted by Gasteiger charge is -2.45. The van der Waals surface area contributed by atoms with E-state index in [4.69, 9.17) is 0 Å². The van der Waals surface area contributed by atoms with Gasteiger partial charge in [0, 0.05) is 76.8 Å². The van der Waals surface area contributed by atoms with Gasteiger partial charge in [0.25, 0.3) is 6.71 Å². The Bertz CT molecular complexity index is 5020. The third-order valence-electron chi connectivity index (χ3n) is 19.5. The van der Waals surface area contributed by atoms with Gasteiger partial charge >= 0.3 is 0 Å². The number of anilines is 9. The molecule has 0 atom stereocenters. The number of nitrogens with zero attached hydrogens (tertiary/aromatic N) is 4. The number of aromatic nitrogens is 1. The molecule has 13 aromatic rings. The summed E-state index contributed by atoms with van der Waals surface area (Å²) in [5, 5.41) is 3.76. The van der Waals surface area contributed by atoms with Gasteiger partial charge in [-0.05, 0) is 214 Å². The summed E-state index contributed by atoms with van der Waals surface area (Å²) in [5.74, 6) is 0. The molecule has 0 radical (unpaired) electrons. The lowest BCUT2D eigenvalue weighted by atomic mass is 9.33. The quantitative estimate of drug-likeness (QED) is 0.141. The van der Waals surface area contributed by atoms with E-state index in [-0.39, 0.29) is 23.0 Å². The lowest BCUT2D eigenvalue weighted by molar-refractivity contribution is 0.589. The summed E-state index contributed by atoms with van der Waals surface area (Å²) in [6, 6.07) is 85.8. The molecule has 2 aliphatic heterocycles. The van der Waals surface area contributed by atoms with E-state index < -0.39 is 0 Å². The maximum atomic E-state index is 2.68. The number of hydrogen-bond donors (Lipinski definition) is 0. The summed E-state index contributed by atoms with van der Waals surface area (Å²) in [4.78, 5) is 9.11. The number of benzene rings is 11. The highest BCUT2D eigenvalue weighted by Gasteiger charge is 2.45. The molecule has 0 aliphatic carbocycles. The van der Waals surface area contributed by atoms with Gasteiger partial charge in [-0.25, -0.2) is 0 Å². The van der Waals surface area contributed by atoms with Crippen LogP contribution in [0.4, 0.5) is 51.2 Å². The number of aryl methyl sites for hydroxylation is 5. The molecular weight excluding hydrogens is 1120 g/mol. The molecule has 6 heteroatoms. The third kappa shape index (κ3) is 9.63. The minimum absolute atomic E-state index is 0.0136. The Hall–Kier alpha value is -9.36. The number of para-hydroxylation sites is 2. The van der Waals surface area contributed by atoms with Gasteiger partial charge in [-0.15, -0.1) is 11.3 Å². The molecule has 91 heavy (non-hydrogen) atoms. The summed E-state index contributed by atoms with van der Waals surface area (Å²) in [5.41, 5.74) is 31.8. The van der Waals surface area contributed by atoms with E-state index in [2.05, 4.69) is 341 Å². The highest BCUT2D eigenvalue weighted by molar-refractivity contribution is 7.23. The fraction of sp³-hybridized carbons (Fsp3) is 0.200. The van der Waals surface area contributed by atoms with Crippen LogP contribution in [-0.4, -0.2) is 11.3 Å². The first-order chi connectivity index (χ1) is 43.6. The van der Waals surface area contributed by atoms with E-state index in [9.17, 15) is 0 Å². The third-order valence-corrected chi connectivity index (χ3v) is 20.7. The van der Waals surface area contributed by atoms with E-state index in [1.165, 1.54) is 148 Å². The molecular formula is C85H79BN4S. The van der Waals surface area contributed by atoms with Gasteiger partial charge in [-0.2, -0.15) is 0 Å². The summed E-state index contributed by atoms with van der Waals surface area (Å²) < 4.78 is 3.74. The summed E-state index contributed by atoms with van der Waals surface area (Å²) >= 11 is 1.90. The van der Waals surface area contributed by atoms with Crippen molar-refractivity contribution >= 4 is 118 Å². The molecule has 0 bridgehead atoms. The number of rotatable bonds is 8. The van der Waals surface area contributed by atoms with E-state index >= 15 is 0 Å². The lowest BCUT2D eigenvalue weighted by Crippen LogP contribution is -2.61.